The van der Waals surface area contributed by atoms with Crippen LogP contribution in [0.25, 0.3) is 10.9 Å². The number of amides is 1. The predicted molar refractivity (Wildman–Crippen MR) is 125 cm³/mol. The van der Waals surface area contributed by atoms with Crippen LogP contribution in [0.4, 0.5) is 5.82 Å². The van der Waals surface area contributed by atoms with Crippen molar-refractivity contribution in [2.75, 3.05) is 12.4 Å². The fourth-order valence-electron chi connectivity index (χ4n) is 3.48. The minimum absolute atomic E-state index is 0.116. The molecule has 32 heavy (non-hydrogen) atoms. The highest BCUT2D eigenvalue weighted by atomic mass is 16.5. The number of hydrogen-bond acceptors (Lipinski definition) is 5. The van der Waals surface area contributed by atoms with Crippen LogP contribution in [-0.2, 0) is 24.4 Å². The molecule has 162 valence electrons. The SMILES string of the molecule is COc1cccc(CNC(=O)Cn2c(=O)nc(NCc3ccccc3)c3ccccc32)c1. The number of benzene rings is 3. The molecule has 0 bridgehead atoms. The molecule has 3 aromatic carbocycles. The highest BCUT2D eigenvalue weighted by Crippen LogP contribution is 2.20. The second kappa shape index (κ2) is 9.78. The van der Waals surface area contributed by atoms with Crippen molar-refractivity contribution < 1.29 is 9.53 Å². The van der Waals surface area contributed by atoms with Gasteiger partial charge < -0.3 is 15.4 Å². The van der Waals surface area contributed by atoms with Gasteiger partial charge in [-0.05, 0) is 35.4 Å². The molecule has 1 heterocycles. The van der Waals surface area contributed by atoms with Crippen molar-refractivity contribution in [1.82, 2.24) is 14.9 Å². The number of ether oxygens (including phenoxy) is 1. The molecule has 1 amide bonds. The van der Waals surface area contributed by atoms with Gasteiger partial charge in [0.05, 0.1) is 12.6 Å². The van der Waals surface area contributed by atoms with E-state index in [-0.39, 0.29) is 12.5 Å². The number of aromatic nitrogens is 2. The van der Waals surface area contributed by atoms with E-state index in [1.54, 1.807) is 7.11 Å². The lowest BCUT2D eigenvalue weighted by Gasteiger charge is -2.14. The predicted octanol–water partition coefficient (Wildman–Crippen LogP) is 3.33. The van der Waals surface area contributed by atoms with E-state index in [1.165, 1.54) is 4.57 Å². The van der Waals surface area contributed by atoms with Gasteiger partial charge in [-0.15, -0.1) is 0 Å². The van der Waals surface area contributed by atoms with Gasteiger partial charge in [0.15, 0.2) is 0 Å². The molecule has 0 fully saturated rings. The van der Waals surface area contributed by atoms with Crippen LogP contribution in [0.2, 0.25) is 0 Å². The molecular weight excluding hydrogens is 404 g/mol. The first-order valence-corrected chi connectivity index (χ1v) is 10.3. The van der Waals surface area contributed by atoms with E-state index < -0.39 is 5.69 Å². The van der Waals surface area contributed by atoms with Crippen LogP contribution in [0, 0.1) is 0 Å². The molecule has 0 radical (unpaired) electrons. The number of para-hydroxylation sites is 1. The maximum Gasteiger partial charge on any atom is 0.350 e. The maximum absolute atomic E-state index is 12.8. The third-order valence-electron chi connectivity index (χ3n) is 5.12. The Kier molecular flexibility index (Phi) is 6.46. The number of nitrogens with zero attached hydrogens (tertiary/aromatic N) is 2. The van der Waals surface area contributed by atoms with E-state index in [4.69, 9.17) is 4.74 Å². The van der Waals surface area contributed by atoms with Gasteiger partial charge in [0.25, 0.3) is 0 Å². The van der Waals surface area contributed by atoms with Crippen molar-refractivity contribution in [3.63, 3.8) is 0 Å². The fraction of sp³-hybridized carbons (Fsp3) is 0.160. The molecule has 4 aromatic rings. The molecule has 0 aliphatic heterocycles. The van der Waals surface area contributed by atoms with Gasteiger partial charge in [-0.1, -0.05) is 54.6 Å². The first-order valence-electron chi connectivity index (χ1n) is 10.3. The molecule has 0 aliphatic carbocycles. The Bertz CT molecular complexity index is 1290. The number of carbonyl (C=O) groups excluding carboxylic acids is 1. The zero-order valence-corrected chi connectivity index (χ0v) is 17.7. The fourth-order valence-corrected chi connectivity index (χ4v) is 3.48. The lowest BCUT2D eigenvalue weighted by molar-refractivity contribution is -0.121. The van der Waals surface area contributed by atoms with Gasteiger partial charge in [0.2, 0.25) is 5.91 Å². The van der Waals surface area contributed by atoms with Crippen LogP contribution in [0.3, 0.4) is 0 Å². The Morgan fingerprint density at radius 1 is 0.938 bits per heavy atom. The van der Waals surface area contributed by atoms with Crippen molar-refractivity contribution in [2.24, 2.45) is 0 Å². The second-order valence-corrected chi connectivity index (χ2v) is 7.31. The highest BCUT2D eigenvalue weighted by Gasteiger charge is 2.13. The zero-order chi connectivity index (χ0) is 22.3. The molecule has 0 unspecified atom stereocenters. The average Bonchev–Trinajstić information content (AvgIpc) is 2.84. The normalized spacial score (nSPS) is 10.7. The van der Waals surface area contributed by atoms with E-state index in [1.807, 2.05) is 78.9 Å². The smallest absolute Gasteiger partial charge is 0.350 e. The topological polar surface area (TPSA) is 85.2 Å². The summed E-state index contributed by atoms with van der Waals surface area (Å²) in [6.45, 7) is 0.768. The second-order valence-electron chi connectivity index (χ2n) is 7.31. The standard InChI is InChI=1S/C25H24N4O3/c1-32-20-11-7-10-19(14-20)16-26-23(30)17-29-22-13-6-5-12-21(22)24(28-25(29)31)27-15-18-8-3-2-4-9-18/h2-14H,15-17H2,1H3,(H,26,30)(H,27,28,31). The molecule has 0 atom stereocenters. The molecule has 7 nitrogen and oxygen atoms in total. The summed E-state index contributed by atoms with van der Waals surface area (Å²) in [5, 5.41) is 6.88. The van der Waals surface area contributed by atoms with Crippen molar-refractivity contribution in [3.05, 3.63) is 100 Å². The van der Waals surface area contributed by atoms with Crippen molar-refractivity contribution in [1.29, 1.82) is 0 Å². The molecule has 0 aliphatic rings. The van der Waals surface area contributed by atoms with Crippen LogP contribution >= 0.6 is 0 Å². The zero-order valence-electron chi connectivity index (χ0n) is 17.7. The van der Waals surface area contributed by atoms with Gasteiger partial charge in [0, 0.05) is 18.5 Å². The average molecular weight is 428 g/mol. The first kappa shape index (κ1) is 21.1. The molecule has 2 N–H and O–H groups in total. The molecule has 0 spiro atoms. The third-order valence-corrected chi connectivity index (χ3v) is 5.12. The van der Waals surface area contributed by atoms with Crippen LogP contribution < -0.4 is 21.1 Å². The Morgan fingerprint density at radius 2 is 1.69 bits per heavy atom. The lowest BCUT2D eigenvalue weighted by Crippen LogP contribution is -2.33. The van der Waals surface area contributed by atoms with Crippen molar-refractivity contribution >= 4 is 22.6 Å². The summed E-state index contributed by atoms with van der Waals surface area (Å²) in [7, 11) is 1.60. The monoisotopic (exact) mass is 428 g/mol. The summed E-state index contributed by atoms with van der Waals surface area (Å²) in [5.74, 6) is 0.955. The van der Waals surface area contributed by atoms with Crippen LogP contribution in [0.15, 0.2) is 83.7 Å². The van der Waals surface area contributed by atoms with Gasteiger partial charge >= 0.3 is 5.69 Å². The van der Waals surface area contributed by atoms with Gasteiger partial charge in [-0.2, -0.15) is 4.98 Å². The number of fused-ring (bicyclic) bond motifs is 1. The van der Waals surface area contributed by atoms with E-state index >= 15 is 0 Å². The van der Waals surface area contributed by atoms with Crippen LogP contribution in [0.5, 0.6) is 5.75 Å². The number of carbonyl (C=O) groups is 1. The summed E-state index contributed by atoms with van der Waals surface area (Å²) in [5.41, 5.74) is 2.17. The number of rotatable bonds is 8. The van der Waals surface area contributed by atoms with Crippen molar-refractivity contribution in [2.45, 2.75) is 19.6 Å². The molecule has 0 saturated heterocycles. The Labute approximate surface area is 185 Å². The number of hydrogen-bond donors (Lipinski definition) is 2. The maximum atomic E-state index is 12.8. The number of anilines is 1. The quantitative estimate of drug-likeness (QED) is 0.450. The minimum Gasteiger partial charge on any atom is -0.497 e. The number of methoxy groups -OCH3 is 1. The van der Waals surface area contributed by atoms with E-state index in [2.05, 4.69) is 15.6 Å². The summed E-state index contributed by atoms with van der Waals surface area (Å²) in [4.78, 5) is 29.6. The van der Waals surface area contributed by atoms with Gasteiger partial charge in [0.1, 0.15) is 18.1 Å². The Morgan fingerprint density at radius 3 is 2.50 bits per heavy atom. The summed E-state index contributed by atoms with van der Waals surface area (Å²) >= 11 is 0. The first-order chi connectivity index (χ1) is 15.6. The Hall–Kier alpha value is -4.13. The van der Waals surface area contributed by atoms with Crippen LogP contribution in [-0.4, -0.2) is 22.6 Å². The lowest BCUT2D eigenvalue weighted by atomic mass is 10.2. The van der Waals surface area contributed by atoms with Gasteiger partial charge in [-0.3, -0.25) is 9.36 Å². The van der Waals surface area contributed by atoms with E-state index in [0.29, 0.717) is 24.4 Å². The summed E-state index contributed by atoms with van der Waals surface area (Å²) in [6.07, 6.45) is 0. The Balaban J connectivity index is 1.52. The largest absolute Gasteiger partial charge is 0.497 e. The third kappa shape index (κ3) is 4.95. The molecule has 4 rings (SSSR count). The number of nitrogens with one attached hydrogen (secondary N) is 2. The van der Waals surface area contributed by atoms with E-state index in [9.17, 15) is 9.59 Å². The van der Waals surface area contributed by atoms with Gasteiger partial charge in [-0.25, -0.2) is 4.79 Å². The summed E-state index contributed by atoms with van der Waals surface area (Å²) < 4.78 is 6.60. The van der Waals surface area contributed by atoms with Crippen LogP contribution in [0.1, 0.15) is 11.1 Å². The molecule has 7 heteroatoms. The summed E-state index contributed by atoms with van der Waals surface area (Å²) in [6, 6.07) is 24.8. The molecule has 1 aromatic heterocycles. The minimum atomic E-state index is -0.476. The highest BCUT2D eigenvalue weighted by molar-refractivity contribution is 5.90. The van der Waals surface area contributed by atoms with E-state index in [0.717, 1.165) is 22.3 Å². The molecular formula is C25H24N4O3. The van der Waals surface area contributed by atoms with Crippen molar-refractivity contribution in [3.8, 4) is 5.75 Å². The molecule has 0 saturated carbocycles.